The van der Waals surface area contributed by atoms with E-state index in [-0.39, 0.29) is 5.91 Å². The molecule has 0 aromatic rings. The van der Waals surface area contributed by atoms with Crippen LogP contribution in [0, 0.1) is 5.92 Å². The summed E-state index contributed by atoms with van der Waals surface area (Å²) < 4.78 is 0. The molecule has 1 aliphatic rings. The highest BCUT2D eigenvalue weighted by Gasteiger charge is 2.31. The van der Waals surface area contributed by atoms with Crippen LogP contribution in [0.1, 0.15) is 40.5 Å². The van der Waals surface area contributed by atoms with Gasteiger partial charge in [0.25, 0.3) is 0 Å². The minimum absolute atomic E-state index is 0.00715. The van der Waals surface area contributed by atoms with Gasteiger partial charge >= 0.3 is 0 Å². The van der Waals surface area contributed by atoms with Gasteiger partial charge in [0.05, 0.1) is 5.54 Å². The lowest BCUT2D eigenvalue weighted by molar-refractivity contribution is -0.127. The van der Waals surface area contributed by atoms with Crippen LogP contribution in [0.3, 0.4) is 0 Å². The number of amides is 1. The van der Waals surface area contributed by atoms with E-state index in [9.17, 15) is 4.79 Å². The highest BCUT2D eigenvalue weighted by Crippen LogP contribution is 2.15. The highest BCUT2D eigenvalue weighted by molar-refractivity contribution is 5.85. The Kier molecular flexibility index (Phi) is 7.10. The van der Waals surface area contributed by atoms with Crippen LogP contribution in [0.5, 0.6) is 0 Å². The van der Waals surface area contributed by atoms with Crippen LogP contribution in [0.2, 0.25) is 0 Å². The van der Waals surface area contributed by atoms with E-state index >= 15 is 0 Å². The topological polar surface area (TPSA) is 61.6 Å². The molecule has 5 nitrogen and oxygen atoms in total. The van der Waals surface area contributed by atoms with Gasteiger partial charge in [0, 0.05) is 38.8 Å². The van der Waals surface area contributed by atoms with Crippen molar-refractivity contribution in [1.82, 2.24) is 15.1 Å². The van der Waals surface area contributed by atoms with Gasteiger partial charge in [0.15, 0.2) is 0 Å². The lowest BCUT2D eigenvalue weighted by Crippen LogP contribution is -2.58. The van der Waals surface area contributed by atoms with Crippen molar-refractivity contribution in [2.24, 2.45) is 11.7 Å². The van der Waals surface area contributed by atoms with E-state index in [0.717, 1.165) is 26.2 Å². The largest absolute Gasteiger partial charge is 0.353 e. The minimum atomic E-state index is -0.719. The minimum Gasteiger partial charge on any atom is -0.353 e. The quantitative estimate of drug-likeness (QED) is 0.733. The van der Waals surface area contributed by atoms with Gasteiger partial charge < -0.3 is 16.0 Å². The number of carbonyl (C=O) groups is 1. The number of piperazine rings is 1. The van der Waals surface area contributed by atoms with Crippen LogP contribution >= 0.6 is 0 Å². The third kappa shape index (κ3) is 4.94. The van der Waals surface area contributed by atoms with E-state index in [0.29, 0.717) is 31.3 Å². The van der Waals surface area contributed by atoms with Gasteiger partial charge in [-0.25, -0.2) is 0 Å². The van der Waals surface area contributed by atoms with Gasteiger partial charge in [-0.2, -0.15) is 0 Å². The zero-order valence-electron chi connectivity index (χ0n) is 14.5. The van der Waals surface area contributed by atoms with Crippen molar-refractivity contribution in [2.75, 3.05) is 39.8 Å². The summed E-state index contributed by atoms with van der Waals surface area (Å²) in [5.41, 5.74) is 5.45. The lowest BCUT2D eigenvalue weighted by Gasteiger charge is -2.40. The zero-order valence-corrected chi connectivity index (χ0v) is 14.5. The molecule has 0 aromatic carbocycles. The second-order valence-corrected chi connectivity index (χ2v) is 6.72. The molecule has 1 heterocycles. The first kappa shape index (κ1) is 18.4. The number of nitrogens with zero attached hydrogens (tertiary/aromatic N) is 2. The molecule has 0 aromatic heterocycles. The Bertz CT molecular complexity index is 320. The van der Waals surface area contributed by atoms with Gasteiger partial charge in [0.2, 0.25) is 5.91 Å². The maximum absolute atomic E-state index is 12.3. The van der Waals surface area contributed by atoms with Crippen LogP contribution < -0.4 is 11.1 Å². The Morgan fingerprint density at radius 1 is 1.19 bits per heavy atom. The van der Waals surface area contributed by atoms with Gasteiger partial charge in [-0.15, -0.1) is 0 Å². The molecule has 0 saturated carbocycles. The second kappa shape index (κ2) is 8.11. The van der Waals surface area contributed by atoms with E-state index in [1.807, 2.05) is 13.8 Å². The standard InChI is InChI=1S/C16H34N4O/c1-6-16(17,7-2)15(21)18-12-14(13(3)4)20-10-8-19(5)9-11-20/h13-14H,6-12,17H2,1-5H3,(H,18,21). The number of nitrogens with two attached hydrogens (primary N) is 1. The van der Waals surface area contributed by atoms with E-state index in [1.54, 1.807) is 0 Å². The Balaban J connectivity index is 2.57. The summed E-state index contributed by atoms with van der Waals surface area (Å²) in [5.74, 6) is 0.511. The van der Waals surface area contributed by atoms with Crippen molar-refractivity contribution in [2.45, 2.75) is 52.1 Å². The molecule has 21 heavy (non-hydrogen) atoms. The molecule has 0 radical (unpaired) electrons. The number of nitrogens with one attached hydrogen (secondary N) is 1. The molecule has 1 rings (SSSR count). The van der Waals surface area contributed by atoms with Crippen molar-refractivity contribution in [1.29, 1.82) is 0 Å². The molecule has 1 aliphatic heterocycles. The summed E-state index contributed by atoms with van der Waals surface area (Å²) in [7, 11) is 2.16. The number of likely N-dealkylation sites (N-methyl/N-ethyl adjacent to an activating group) is 1. The molecule has 0 bridgehead atoms. The van der Waals surface area contributed by atoms with Crippen LogP contribution in [-0.4, -0.2) is 67.1 Å². The van der Waals surface area contributed by atoms with Crippen molar-refractivity contribution < 1.29 is 4.79 Å². The van der Waals surface area contributed by atoms with Crippen LogP contribution in [0.25, 0.3) is 0 Å². The first-order valence-corrected chi connectivity index (χ1v) is 8.33. The van der Waals surface area contributed by atoms with E-state index in [4.69, 9.17) is 5.73 Å². The number of hydrogen-bond acceptors (Lipinski definition) is 4. The van der Waals surface area contributed by atoms with Crippen molar-refractivity contribution in [3.63, 3.8) is 0 Å². The average molecular weight is 298 g/mol. The SMILES string of the molecule is CCC(N)(CC)C(=O)NCC(C(C)C)N1CCN(C)CC1. The van der Waals surface area contributed by atoms with Crippen molar-refractivity contribution >= 4 is 5.91 Å². The van der Waals surface area contributed by atoms with Crippen LogP contribution in [0.4, 0.5) is 0 Å². The molecule has 3 N–H and O–H groups in total. The van der Waals surface area contributed by atoms with Gasteiger partial charge in [0.1, 0.15) is 0 Å². The fourth-order valence-electron chi connectivity index (χ4n) is 2.88. The number of hydrogen-bond donors (Lipinski definition) is 2. The first-order valence-electron chi connectivity index (χ1n) is 8.33. The van der Waals surface area contributed by atoms with E-state index in [2.05, 4.69) is 36.0 Å². The van der Waals surface area contributed by atoms with Gasteiger partial charge in [-0.3, -0.25) is 9.69 Å². The Morgan fingerprint density at radius 3 is 2.14 bits per heavy atom. The van der Waals surface area contributed by atoms with E-state index < -0.39 is 5.54 Å². The van der Waals surface area contributed by atoms with Crippen molar-refractivity contribution in [3.8, 4) is 0 Å². The molecule has 0 aliphatic carbocycles. The molecule has 1 fully saturated rings. The Labute approximate surface area is 130 Å². The smallest absolute Gasteiger partial charge is 0.240 e. The molecule has 0 spiro atoms. The number of rotatable bonds is 7. The molecule has 124 valence electrons. The van der Waals surface area contributed by atoms with Gasteiger partial charge in [-0.1, -0.05) is 27.7 Å². The van der Waals surface area contributed by atoms with Crippen LogP contribution in [-0.2, 0) is 4.79 Å². The van der Waals surface area contributed by atoms with E-state index in [1.165, 1.54) is 0 Å². The summed E-state index contributed by atoms with van der Waals surface area (Å²) in [6.45, 7) is 13.4. The fraction of sp³-hybridized carbons (Fsp3) is 0.938. The Hall–Kier alpha value is -0.650. The molecular formula is C16H34N4O. The molecule has 1 amide bonds. The lowest BCUT2D eigenvalue weighted by atomic mass is 9.92. The third-order valence-electron chi connectivity index (χ3n) is 4.96. The first-order chi connectivity index (χ1) is 9.84. The average Bonchev–Trinajstić information content (AvgIpc) is 2.47. The number of carbonyl (C=O) groups excluding carboxylic acids is 1. The monoisotopic (exact) mass is 298 g/mol. The summed E-state index contributed by atoms with van der Waals surface area (Å²) >= 11 is 0. The summed E-state index contributed by atoms with van der Waals surface area (Å²) in [6, 6.07) is 0.389. The zero-order chi connectivity index (χ0) is 16.0. The summed E-state index contributed by atoms with van der Waals surface area (Å²) in [4.78, 5) is 17.2. The van der Waals surface area contributed by atoms with Gasteiger partial charge in [-0.05, 0) is 25.8 Å². The second-order valence-electron chi connectivity index (χ2n) is 6.72. The molecule has 5 heteroatoms. The van der Waals surface area contributed by atoms with Crippen molar-refractivity contribution in [3.05, 3.63) is 0 Å². The van der Waals surface area contributed by atoms with Crippen LogP contribution in [0.15, 0.2) is 0 Å². The normalized spacial score (nSPS) is 19.8. The third-order valence-corrected chi connectivity index (χ3v) is 4.96. The summed E-state index contributed by atoms with van der Waals surface area (Å²) in [6.07, 6.45) is 1.35. The summed E-state index contributed by atoms with van der Waals surface area (Å²) in [5, 5.41) is 3.10. The molecule has 1 unspecified atom stereocenters. The molecular weight excluding hydrogens is 264 g/mol. The maximum atomic E-state index is 12.3. The Morgan fingerprint density at radius 2 is 1.71 bits per heavy atom. The predicted molar refractivity (Wildman–Crippen MR) is 88.2 cm³/mol. The maximum Gasteiger partial charge on any atom is 0.240 e. The molecule has 1 atom stereocenters. The predicted octanol–water partition coefficient (Wildman–Crippen LogP) is 0.892. The fourth-order valence-corrected chi connectivity index (χ4v) is 2.88. The highest BCUT2D eigenvalue weighted by atomic mass is 16.2. The molecule has 1 saturated heterocycles.